The van der Waals surface area contributed by atoms with E-state index in [0.717, 1.165) is 0 Å². The lowest BCUT2D eigenvalue weighted by Crippen LogP contribution is -2.35. The highest BCUT2D eigenvalue weighted by molar-refractivity contribution is 4.79. The topological polar surface area (TPSA) is 40.5 Å². The zero-order valence-electron chi connectivity index (χ0n) is 7.09. The lowest BCUT2D eigenvalue weighted by molar-refractivity contribution is -0.0283. The molecule has 1 atom stereocenters. The molecule has 0 spiro atoms. The Labute approximate surface area is 62.9 Å². The van der Waals surface area contributed by atoms with Crippen LogP contribution in [0.5, 0.6) is 0 Å². The second-order valence-electron chi connectivity index (χ2n) is 3.09. The van der Waals surface area contributed by atoms with E-state index in [2.05, 4.69) is 0 Å². The minimum Gasteiger partial charge on any atom is -0.396 e. The first-order valence-electron chi connectivity index (χ1n) is 3.90. The van der Waals surface area contributed by atoms with Crippen LogP contribution >= 0.6 is 0 Å². The Balaban J connectivity index is 3.94. The molecule has 0 aromatic rings. The molecule has 10 heavy (non-hydrogen) atoms. The minimum absolute atomic E-state index is 0.0719. The van der Waals surface area contributed by atoms with Gasteiger partial charge in [0.25, 0.3) is 0 Å². The zero-order valence-corrected chi connectivity index (χ0v) is 7.09. The molecule has 2 N–H and O–H groups in total. The van der Waals surface area contributed by atoms with Crippen molar-refractivity contribution < 1.29 is 10.2 Å². The van der Waals surface area contributed by atoms with Crippen molar-refractivity contribution in [3.63, 3.8) is 0 Å². The average Bonchev–Trinajstić information content (AvgIpc) is 1.88. The summed E-state index contributed by atoms with van der Waals surface area (Å²) in [7, 11) is 0. The lowest BCUT2D eigenvalue weighted by Gasteiger charge is -2.30. The highest BCUT2D eigenvalue weighted by atomic mass is 16.3. The molecule has 1 unspecified atom stereocenters. The van der Waals surface area contributed by atoms with Gasteiger partial charge in [0.2, 0.25) is 0 Å². The van der Waals surface area contributed by atoms with E-state index < -0.39 is 5.60 Å². The molecule has 0 aromatic heterocycles. The summed E-state index contributed by atoms with van der Waals surface area (Å²) in [6.45, 7) is 5.95. The summed E-state index contributed by atoms with van der Waals surface area (Å²) >= 11 is 0. The van der Waals surface area contributed by atoms with Crippen molar-refractivity contribution in [1.82, 2.24) is 0 Å². The molecule has 0 heterocycles. The molecule has 2 heteroatoms. The Bertz CT molecular complexity index is 91.3. The van der Waals surface area contributed by atoms with Crippen LogP contribution in [0.1, 0.15) is 33.6 Å². The molecule has 0 aliphatic heterocycles. The number of aliphatic hydroxyl groups is 2. The maximum atomic E-state index is 9.74. The summed E-state index contributed by atoms with van der Waals surface area (Å²) in [6.07, 6.45) is 1.20. The Morgan fingerprint density at radius 3 is 2.00 bits per heavy atom. The molecular weight excluding hydrogens is 128 g/mol. The van der Waals surface area contributed by atoms with Crippen LogP contribution < -0.4 is 0 Å². The van der Waals surface area contributed by atoms with E-state index in [1.165, 1.54) is 0 Å². The second-order valence-corrected chi connectivity index (χ2v) is 3.09. The molecule has 62 valence electrons. The fourth-order valence-electron chi connectivity index (χ4n) is 1.07. The number of hydrogen-bond donors (Lipinski definition) is 2. The van der Waals surface area contributed by atoms with Crippen molar-refractivity contribution in [1.29, 1.82) is 0 Å². The predicted octanol–water partition coefficient (Wildman–Crippen LogP) is 1.17. The fourth-order valence-corrected chi connectivity index (χ4v) is 1.07. The van der Waals surface area contributed by atoms with Crippen LogP contribution in [0.15, 0.2) is 0 Å². The fraction of sp³-hybridized carbons (Fsp3) is 1.00. The highest BCUT2D eigenvalue weighted by Crippen LogP contribution is 2.23. The molecule has 0 fully saturated rings. The quantitative estimate of drug-likeness (QED) is 0.625. The number of aliphatic hydroxyl groups excluding tert-OH is 1. The van der Waals surface area contributed by atoms with Crippen LogP contribution in [0.3, 0.4) is 0 Å². The van der Waals surface area contributed by atoms with Crippen molar-refractivity contribution in [2.45, 2.75) is 39.2 Å². The van der Waals surface area contributed by atoms with Gasteiger partial charge in [-0.3, -0.25) is 0 Å². The van der Waals surface area contributed by atoms with Gasteiger partial charge in [-0.05, 0) is 18.8 Å². The summed E-state index contributed by atoms with van der Waals surface area (Å²) in [5.41, 5.74) is -0.658. The first-order chi connectivity index (χ1) is 4.56. The van der Waals surface area contributed by atoms with Crippen LogP contribution in [-0.2, 0) is 0 Å². The monoisotopic (exact) mass is 146 g/mol. The summed E-state index contributed by atoms with van der Waals surface area (Å²) in [5.74, 6) is 0.227. The normalized spacial score (nSPS) is 17.4. The van der Waals surface area contributed by atoms with E-state index in [1.54, 1.807) is 0 Å². The molecule has 0 saturated carbocycles. The minimum atomic E-state index is -0.658. The molecule has 2 nitrogen and oxygen atoms in total. The van der Waals surface area contributed by atoms with Gasteiger partial charge >= 0.3 is 0 Å². The smallest absolute Gasteiger partial charge is 0.0689 e. The van der Waals surface area contributed by atoms with Gasteiger partial charge in [0.15, 0.2) is 0 Å². The molecule has 0 saturated heterocycles. The van der Waals surface area contributed by atoms with Crippen molar-refractivity contribution >= 4 is 0 Å². The van der Waals surface area contributed by atoms with Crippen LogP contribution in [0.4, 0.5) is 0 Å². The van der Waals surface area contributed by atoms with Crippen molar-refractivity contribution in [2.24, 2.45) is 5.92 Å². The zero-order chi connectivity index (χ0) is 8.20. The third-order valence-corrected chi connectivity index (χ3v) is 2.23. The van der Waals surface area contributed by atoms with Gasteiger partial charge < -0.3 is 10.2 Å². The summed E-state index contributed by atoms with van der Waals surface area (Å²) in [5, 5.41) is 18.4. The molecular formula is C8H18O2. The van der Waals surface area contributed by atoms with Crippen LogP contribution in [0.25, 0.3) is 0 Å². The van der Waals surface area contributed by atoms with Gasteiger partial charge in [-0.1, -0.05) is 20.8 Å². The Hall–Kier alpha value is -0.0800. The van der Waals surface area contributed by atoms with Crippen molar-refractivity contribution in [2.75, 3.05) is 6.61 Å². The standard InChI is InChI=1S/C8H18O2/c1-4-8(10,5-6-9)7(2)3/h7,9-10H,4-6H2,1-3H3. The average molecular weight is 146 g/mol. The maximum Gasteiger partial charge on any atom is 0.0689 e. The Morgan fingerprint density at radius 2 is 1.90 bits per heavy atom. The van der Waals surface area contributed by atoms with Crippen LogP contribution in [-0.4, -0.2) is 22.4 Å². The largest absolute Gasteiger partial charge is 0.396 e. The summed E-state index contributed by atoms with van der Waals surface area (Å²) in [6, 6.07) is 0. The highest BCUT2D eigenvalue weighted by Gasteiger charge is 2.27. The predicted molar refractivity (Wildman–Crippen MR) is 41.8 cm³/mol. The van der Waals surface area contributed by atoms with Gasteiger partial charge in [-0.15, -0.1) is 0 Å². The van der Waals surface area contributed by atoms with Crippen LogP contribution in [0, 0.1) is 5.92 Å². The molecule has 0 aromatic carbocycles. The number of rotatable bonds is 4. The van der Waals surface area contributed by atoms with E-state index >= 15 is 0 Å². The summed E-state index contributed by atoms with van der Waals surface area (Å²) < 4.78 is 0. The van der Waals surface area contributed by atoms with E-state index in [1.807, 2.05) is 20.8 Å². The molecule has 0 amide bonds. The van der Waals surface area contributed by atoms with Crippen molar-refractivity contribution in [3.05, 3.63) is 0 Å². The SMILES string of the molecule is CCC(O)(CCO)C(C)C. The van der Waals surface area contributed by atoms with E-state index in [9.17, 15) is 5.11 Å². The van der Waals surface area contributed by atoms with Gasteiger partial charge in [0, 0.05) is 6.61 Å². The van der Waals surface area contributed by atoms with E-state index in [4.69, 9.17) is 5.11 Å². The molecule has 0 radical (unpaired) electrons. The third kappa shape index (κ3) is 2.27. The van der Waals surface area contributed by atoms with Crippen molar-refractivity contribution in [3.8, 4) is 0 Å². The number of hydrogen-bond acceptors (Lipinski definition) is 2. The maximum absolute atomic E-state index is 9.74. The van der Waals surface area contributed by atoms with E-state index in [-0.39, 0.29) is 12.5 Å². The molecule has 0 aliphatic rings. The third-order valence-electron chi connectivity index (χ3n) is 2.23. The van der Waals surface area contributed by atoms with Gasteiger partial charge in [0.05, 0.1) is 5.60 Å². The summed E-state index contributed by atoms with van der Waals surface area (Å²) in [4.78, 5) is 0. The lowest BCUT2D eigenvalue weighted by atomic mass is 9.85. The molecule has 0 bridgehead atoms. The molecule has 0 rings (SSSR count). The first kappa shape index (κ1) is 9.92. The van der Waals surface area contributed by atoms with Gasteiger partial charge in [-0.25, -0.2) is 0 Å². The van der Waals surface area contributed by atoms with Gasteiger partial charge in [0.1, 0.15) is 0 Å². The van der Waals surface area contributed by atoms with E-state index in [0.29, 0.717) is 12.8 Å². The Morgan fingerprint density at radius 1 is 1.40 bits per heavy atom. The Kier molecular flexibility index (Phi) is 3.91. The molecule has 0 aliphatic carbocycles. The van der Waals surface area contributed by atoms with Gasteiger partial charge in [-0.2, -0.15) is 0 Å². The second kappa shape index (κ2) is 3.94. The van der Waals surface area contributed by atoms with Crippen LogP contribution in [0.2, 0.25) is 0 Å². The first-order valence-corrected chi connectivity index (χ1v) is 3.90.